The Hall–Kier alpha value is -3.27. The van der Waals surface area contributed by atoms with Crippen LogP contribution in [0.1, 0.15) is 33.2 Å². The fourth-order valence-corrected chi connectivity index (χ4v) is 2.98. The predicted octanol–water partition coefficient (Wildman–Crippen LogP) is 2.70. The van der Waals surface area contributed by atoms with E-state index in [1.54, 1.807) is 0 Å². The molecule has 0 aromatic heterocycles. The third-order valence-electron chi connectivity index (χ3n) is 3.75. The standard InChI is InChI=1S/C18H18N2O7S/c1-11-10-14(6-9-16(11)20(23)24)18(22)27-12(2)17(21)13-4-7-15(8-5-13)19-28(3,25)26/h4-10,12,19H,1-3H3/t12-/m1/s1. The van der Waals surface area contributed by atoms with Crippen molar-refractivity contribution < 1.29 is 27.7 Å². The van der Waals surface area contributed by atoms with Crippen LogP contribution < -0.4 is 4.72 Å². The second-order valence-electron chi connectivity index (χ2n) is 6.12. The summed E-state index contributed by atoms with van der Waals surface area (Å²) in [6, 6.07) is 9.45. The largest absolute Gasteiger partial charge is 0.451 e. The summed E-state index contributed by atoms with van der Waals surface area (Å²) < 4.78 is 29.8. The molecule has 2 aromatic rings. The van der Waals surface area contributed by atoms with Gasteiger partial charge in [-0.25, -0.2) is 13.2 Å². The van der Waals surface area contributed by atoms with E-state index in [0.29, 0.717) is 11.3 Å². The first kappa shape index (κ1) is 21.0. The summed E-state index contributed by atoms with van der Waals surface area (Å²) in [4.78, 5) is 34.9. The molecule has 0 amide bonds. The predicted molar refractivity (Wildman–Crippen MR) is 102 cm³/mol. The number of carbonyl (C=O) groups is 2. The van der Waals surface area contributed by atoms with Gasteiger partial charge in [-0.2, -0.15) is 0 Å². The zero-order valence-electron chi connectivity index (χ0n) is 15.3. The highest BCUT2D eigenvalue weighted by atomic mass is 32.2. The molecule has 0 aliphatic carbocycles. The van der Waals surface area contributed by atoms with Gasteiger partial charge in [0.15, 0.2) is 6.10 Å². The molecule has 0 bridgehead atoms. The van der Waals surface area contributed by atoms with Crippen molar-refractivity contribution in [2.24, 2.45) is 0 Å². The quantitative estimate of drug-likeness (QED) is 0.323. The molecule has 0 fully saturated rings. The topological polar surface area (TPSA) is 133 Å². The maximum absolute atomic E-state index is 12.4. The molecule has 2 aromatic carbocycles. The molecule has 0 saturated heterocycles. The molecule has 0 spiro atoms. The smallest absolute Gasteiger partial charge is 0.338 e. The van der Waals surface area contributed by atoms with Gasteiger partial charge in [-0.15, -0.1) is 0 Å². The Morgan fingerprint density at radius 3 is 2.18 bits per heavy atom. The zero-order valence-corrected chi connectivity index (χ0v) is 16.1. The minimum atomic E-state index is -3.43. The van der Waals surface area contributed by atoms with Crippen molar-refractivity contribution in [3.8, 4) is 0 Å². The molecular weight excluding hydrogens is 388 g/mol. The Morgan fingerprint density at radius 2 is 1.68 bits per heavy atom. The van der Waals surface area contributed by atoms with Crippen LogP contribution in [0.25, 0.3) is 0 Å². The van der Waals surface area contributed by atoms with Crippen LogP contribution in [0.15, 0.2) is 42.5 Å². The lowest BCUT2D eigenvalue weighted by Crippen LogP contribution is -2.24. The molecule has 28 heavy (non-hydrogen) atoms. The lowest BCUT2D eigenvalue weighted by atomic mass is 10.1. The van der Waals surface area contributed by atoms with E-state index in [2.05, 4.69) is 4.72 Å². The third kappa shape index (κ3) is 5.36. The Labute approximate surface area is 161 Å². The van der Waals surface area contributed by atoms with E-state index in [0.717, 1.165) is 6.26 Å². The fraction of sp³-hybridized carbons (Fsp3) is 0.222. The number of hydrogen-bond donors (Lipinski definition) is 1. The summed E-state index contributed by atoms with van der Waals surface area (Å²) >= 11 is 0. The van der Waals surface area contributed by atoms with Crippen LogP contribution in [-0.2, 0) is 14.8 Å². The fourth-order valence-electron chi connectivity index (χ4n) is 2.42. The van der Waals surface area contributed by atoms with E-state index < -0.39 is 32.8 Å². The maximum Gasteiger partial charge on any atom is 0.338 e. The van der Waals surface area contributed by atoms with Gasteiger partial charge in [-0.05, 0) is 50.2 Å². The van der Waals surface area contributed by atoms with Gasteiger partial charge in [-0.1, -0.05) is 0 Å². The number of ketones is 1. The number of esters is 1. The summed E-state index contributed by atoms with van der Waals surface area (Å²) in [7, 11) is -3.43. The number of Topliss-reactive ketones (excluding diaryl/α,β-unsaturated/α-hetero) is 1. The number of nitrogens with one attached hydrogen (secondary N) is 1. The number of hydrogen-bond acceptors (Lipinski definition) is 7. The van der Waals surface area contributed by atoms with Crippen LogP contribution >= 0.6 is 0 Å². The minimum absolute atomic E-state index is 0.0930. The van der Waals surface area contributed by atoms with Gasteiger partial charge < -0.3 is 4.74 Å². The number of anilines is 1. The van der Waals surface area contributed by atoms with E-state index in [4.69, 9.17) is 4.74 Å². The number of carbonyl (C=O) groups excluding carboxylic acids is 2. The average molecular weight is 406 g/mol. The van der Waals surface area contributed by atoms with Gasteiger partial charge in [0.25, 0.3) is 5.69 Å². The number of benzene rings is 2. The summed E-state index contributed by atoms with van der Waals surface area (Å²) in [6.07, 6.45) is -0.0928. The molecule has 0 unspecified atom stereocenters. The van der Waals surface area contributed by atoms with Crippen molar-refractivity contribution in [3.63, 3.8) is 0 Å². The average Bonchev–Trinajstić information content (AvgIpc) is 2.59. The molecule has 1 atom stereocenters. The highest BCUT2D eigenvalue weighted by Crippen LogP contribution is 2.20. The van der Waals surface area contributed by atoms with E-state index in [1.165, 1.54) is 56.3 Å². The van der Waals surface area contributed by atoms with Crippen LogP contribution in [0.2, 0.25) is 0 Å². The van der Waals surface area contributed by atoms with Gasteiger partial charge in [-0.3, -0.25) is 19.6 Å². The Morgan fingerprint density at radius 1 is 1.11 bits per heavy atom. The van der Waals surface area contributed by atoms with Crippen LogP contribution in [0.4, 0.5) is 11.4 Å². The third-order valence-corrected chi connectivity index (χ3v) is 4.36. The Bertz CT molecular complexity index is 1030. The molecule has 0 heterocycles. The highest BCUT2D eigenvalue weighted by Gasteiger charge is 2.22. The van der Waals surface area contributed by atoms with E-state index in [-0.39, 0.29) is 16.8 Å². The Kier molecular flexibility index (Phi) is 6.14. The molecular formula is C18H18N2O7S. The molecule has 9 nitrogen and oxygen atoms in total. The highest BCUT2D eigenvalue weighted by molar-refractivity contribution is 7.92. The first-order chi connectivity index (χ1) is 13.0. The molecule has 148 valence electrons. The molecule has 1 N–H and O–H groups in total. The van der Waals surface area contributed by atoms with Crippen molar-refractivity contribution in [2.75, 3.05) is 11.0 Å². The van der Waals surface area contributed by atoms with Crippen LogP contribution in [-0.4, -0.2) is 37.5 Å². The van der Waals surface area contributed by atoms with E-state index >= 15 is 0 Å². The molecule has 0 saturated carbocycles. The number of aryl methyl sites for hydroxylation is 1. The normalized spacial score (nSPS) is 12.1. The van der Waals surface area contributed by atoms with Crippen LogP contribution in [0, 0.1) is 17.0 Å². The van der Waals surface area contributed by atoms with Gasteiger partial charge >= 0.3 is 5.97 Å². The maximum atomic E-state index is 12.4. The van der Waals surface area contributed by atoms with E-state index in [1.807, 2.05) is 0 Å². The van der Waals surface area contributed by atoms with Gasteiger partial charge in [0.05, 0.1) is 16.7 Å². The van der Waals surface area contributed by atoms with Crippen LogP contribution in [0.3, 0.4) is 0 Å². The first-order valence-corrected chi connectivity index (χ1v) is 9.95. The first-order valence-electron chi connectivity index (χ1n) is 8.06. The minimum Gasteiger partial charge on any atom is -0.451 e. The second-order valence-corrected chi connectivity index (χ2v) is 7.87. The van der Waals surface area contributed by atoms with Gasteiger partial charge in [0, 0.05) is 22.9 Å². The van der Waals surface area contributed by atoms with Crippen LogP contribution in [0.5, 0.6) is 0 Å². The number of rotatable bonds is 7. The number of nitro groups is 1. The summed E-state index contributed by atoms with van der Waals surface area (Å²) in [5.41, 5.74) is 0.801. The lowest BCUT2D eigenvalue weighted by Gasteiger charge is -2.13. The number of ether oxygens (including phenoxy) is 1. The van der Waals surface area contributed by atoms with Crippen molar-refractivity contribution in [1.29, 1.82) is 0 Å². The van der Waals surface area contributed by atoms with Crippen molar-refractivity contribution in [3.05, 3.63) is 69.3 Å². The molecule has 0 radical (unpaired) electrons. The number of nitrogens with zero attached hydrogens (tertiary/aromatic N) is 1. The summed E-state index contributed by atoms with van der Waals surface area (Å²) in [6.45, 7) is 2.90. The number of sulfonamides is 1. The second kappa shape index (κ2) is 8.17. The van der Waals surface area contributed by atoms with Crippen molar-refractivity contribution >= 4 is 33.2 Å². The molecule has 0 aliphatic rings. The summed E-state index contributed by atoms with van der Waals surface area (Å²) in [5.74, 6) is -1.26. The summed E-state index contributed by atoms with van der Waals surface area (Å²) in [5, 5.41) is 10.8. The van der Waals surface area contributed by atoms with E-state index in [9.17, 15) is 28.1 Å². The van der Waals surface area contributed by atoms with Gasteiger partial charge in [0.2, 0.25) is 15.8 Å². The molecule has 0 aliphatic heterocycles. The molecule has 10 heteroatoms. The zero-order chi connectivity index (χ0) is 21.1. The number of nitro benzene ring substituents is 1. The lowest BCUT2D eigenvalue weighted by molar-refractivity contribution is -0.385. The SMILES string of the molecule is Cc1cc(C(=O)O[C@H](C)C(=O)c2ccc(NS(C)(=O)=O)cc2)ccc1[N+](=O)[O-]. The monoisotopic (exact) mass is 406 g/mol. The molecule has 2 rings (SSSR count). The van der Waals surface area contributed by atoms with Crippen molar-refractivity contribution in [2.45, 2.75) is 20.0 Å². The van der Waals surface area contributed by atoms with Gasteiger partial charge in [0.1, 0.15) is 0 Å². The van der Waals surface area contributed by atoms with Crippen molar-refractivity contribution in [1.82, 2.24) is 0 Å². The Balaban J connectivity index is 2.08.